The van der Waals surface area contributed by atoms with E-state index >= 15 is 0 Å². The van der Waals surface area contributed by atoms with E-state index in [2.05, 4.69) is 45.6 Å². The Kier molecular flexibility index (Phi) is 18.1. The third-order valence-corrected chi connectivity index (χ3v) is 16.4. The Morgan fingerprint density at radius 3 is 2.37 bits per heavy atom. The number of hydrogen-bond acceptors (Lipinski definition) is 20. The molecule has 6 rings (SSSR count). The van der Waals surface area contributed by atoms with Crippen molar-refractivity contribution < 1.29 is 101 Å². The van der Waals surface area contributed by atoms with Gasteiger partial charge in [0.1, 0.15) is 39.7 Å². The number of amides is 2. The maximum atomic E-state index is 14.2. The van der Waals surface area contributed by atoms with E-state index in [4.69, 9.17) is 24.7 Å². The molecule has 2 aliphatic heterocycles. The van der Waals surface area contributed by atoms with E-state index in [1.807, 2.05) is 0 Å². The van der Waals surface area contributed by atoms with Crippen LogP contribution in [0.15, 0.2) is 73.7 Å². The van der Waals surface area contributed by atoms with Gasteiger partial charge in [-0.1, -0.05) is 30.0 Å². The second-order valence-electron chi connectivity index (χ2n) is 16.1. The number of fused-ring (bicyclic) bond motifs is 2. The molecule has 3 heterocycles. The monoisotopic (exact) mass is 1150 g/mol. The lowest BCUT2D eigenvalue weighted by Gasteiger charge is -2.23. The van der Waals surface area contributed by atoms with Gasteiger partial charge in [0.05, 0.1) is 30.5 Å². The van der Waals surface area contributed by atoms with Crippen molar-refractivity contribution in [2.45, 2.75) is 61.3 Å². The lowest BCUT2D eigenvalue weighted by Crippen LogP contribution is -2.76. The Hall–Kier alpha value is -5.74. The summed E-state index contributed by atoms with van der Waals surface area (Å²) in [6, 6.07) is 11.7. The van der Waals surface area contributed by atoms with Gasteiger partial charge in [-0.05, 0) is 50.1 Å². The van der Waals surface area contributed by atoms with Crippen molar-refractivity contribution >= 4 is 78.0 Å². The number of carbonyl (C=O) groups is 2. The highest BCUT2D eigenvalue weighted by atomic mass is 32.2. The van der Waals surface area contributed by atoms with Gasteiger partial charge in [-0.15, -0.1) is 0 Å². The topological polar surface area (TPSA) is 450 Å². The van der Waals surface area contributed by atoms with Gasteiger partial charge in [0, 0.05) is 67.3 Å². The van der Waals surface area contributed by atoms with Crippen LogP contribution in [0.3, 0.4) is 0 Å². The first kappa shape index (κ1) is 58.5. The van der Waals surface area contributed by atoms with Crippen molar-refractivity contribution in [3.63, 3.8) is 0 Å². The molecule has 29 nitrogen and oxygen atoms in total. The lowest BCUT2D eigenvalue weighted by molar-refractivity contribution is -0.498. The standard InChI is InChI=1S/C41H48N7O22P3S2/c1-4-43-28-16-14-26-34(27-15-17-29(44-5-2)38(75(63,64)65)36(27)68-35(26)37(28)74(60,61)62)24-11-6-7-12-25(24)40(51)47(3)19-9-13-32(50)45-18-8-10-23-21-48(41(52)46-39(23)42)33-20-30(49)31(67-33)22-66-72(56,57)70-73(58,59)69-71(53,54)55/h6-7,11-12,14-17,21,30-31,33,43,49H,4-5,9,13,18-20,22H2,1-3H3,(H,45,50)(H,56,57)(H,58,59)(H2,42,46,52)(H2,53,54,55)(H,60,61,62)(H,63,64,65)/t30-,31+,33+/m0/s1. The van der Waals surface area contributed by atoms with Gasteiger partial charge in [-0.3, -0.25) is 23.2 Å². The van der Waals surface area contributed by atoms with E-state index in [-0.39, 0.29) is 95.5 Å². The SMILES string of the molecule is CCNc1ccc2c(-c3ccccc3C(=O)N(C)CCCC(=O)NCC#Cc3cn([C@H]4C[C@H](O)[C@@H](COP(=O)(O)OP(=O)(O)OP(=O)(O)O)O4)c(=O)nc3N)c3ccc(=[NH+]CC)c(S(=O)(=O)O)c-3oc2c1S(=O)(=O)[O-]. The van der Waals surface area contributed by atoms with Gasteiger partial charge >= 0.3 is 39.3 Å². The smallest absolute Gasteiger partial charge is 0.490 e. The number of ether oxygens (including phenoxy) is 1. The molecule has 3 aliphatic rings. The highest BCUT2D eigenvalue weighted by Crippen LogP contribution is 2.66. The van der Waals surface area contributed by atoms with Crippen molar-refractivity contribution in [3.8, 4) is 34.3 Å². The van der Waals surface area contributed by atoms with Crippen LogP contribution in [0.5, 0.6) is 0 Å². The molecule has 11 N–H and O–H groups in total. The summed E-state index contributed by atoms with van der Waals surface area (Å²) < 4.78 is 134. The molecule has 2 amide bonds. The van der Waals surface area contributed by atoms with Crippen molar-refractivity contribution in [2.75, 3.05) is 50.9 Å². The van der Waals surface area contributed by atoms with E-state index in [0.717, 1.165) is 10.8 Å². The summed E-state index contributed by atoms with van der Waals surface area (Å²) in [5.41, 5.74) is 4.53. The molecular weight excluding hydrogens is 1100 g/mol. The average Bonchev–Trinajstić information content (AvgIpc) is 3.66. The minimum Gasteiger partial charge on any atom is -0.744 e. The largest absolute Gasteiger partial charge is 0.744 e. The normalized spacial score (nSPS) is 18.0. The van der Waals surface area contributed by atoms with Crippen LogP contribution in [0.1, 0.15) is 55.3 Å². The molecule has 5 atom stereocenters. The Balaban J connectivity index is 1.14. The van der Waals surface area contributed by atoms with Crippen LogP contribution in [0.4, 0.5) is 11.5 Å². The quantitative estimate of drug-likeness (QED) is 0.0211. The molecule has 1 fully saturated rings. The van der Waals surface area contributed by atoms with Crippen molar-refractivity contribution in [1.82, 2.24) is 19.8 Å². The van der Waals surface area contributed by atoms with Crippen LogP contribution in [-0.2, 0) is 56.6 Å². The summed E-state index contributed by atoms with van der Waals surface area (Å²) in [5.74, 6) is 3.38. The molecule has 1 aliphatic carbocycles. The van der Waals surface area contributed by atoms with Crippen LogP contribution in [0.25, 0.3) is 33.4 Å². The molecule has 0 bridgehead atoms. The van der Waals surface area contributed by atoms with Gasteiger partial charge in [-0.25, -0.2) is 31.9 Å². The molecule has 1 saturated heterocycles. The van der Waals surface area contributed by atoms with Crippen molar-refractivity contribution in [3.05, 3.63) is 81.7 Å². The molecule has 0 spiro atoms. The number of carbonyl (C=O) groups excluding carboxylic acids is 2. The Morgan fingerprint density at radius 2 is 1.72 bits per heavy atom. The number of nitrogens with one attached hydrogen (secondary N) is 3. The predicted octanol–water partition coefficient (Wildman–Crippen LogP) is -0.0609. The van der Waals surface area contributed by atoms with Gasteiger partial charge in [0.2, 0.25) is 16.2 Å². The molecule has 75 heavy (non-hydrogen) atoms. The maximum absolute atomic E-state index is 14.2. The summed E-state index contributed by atoms with van der Waals surface area (Å²) in [6.45, 7) is 2.44. The second kappa shape index (κ2) is 23.2. The minimum absolute atomic E-state index is 0.00837. The number of hydrogen-bond donors (Lipinski definition) is 10. The molecule has 2 unspecified atom stereocenters. The Morgan fingerprint density at radius 1 is 1.01 bits per heavy atom. The first-order valence-electron chi connectivity index (χ1n) is 21.9. The molecule has 406 valence electrons. The van der Waals surface area contributed by atoms with E-state index in [1.54, 1.807) is 26.0 Å². The summed E-state index contributed by atoms with van der Waals surface area (Å²) in [5, 5.41) is 15.8. The zero-order valence-electron chi connectivity index (χ0n) is 39.4. The zero-order chi connectivity index (χ0) is 55.4. The fraction of sp³-hybridized carbons (Fsp3) is 0.341. The number of phosphoric acid groups is 3. The Labute approximate surface area is 425 Å². The molecule has 2 aromatic carbocycles. The fourth-order valence-corrected chi connectivity index (χ4v) is 12.4. The zero-order valence-corrected chi connectivity index (χ0v) is 43.7. The highest BCUT2D eigenvalue weighted by Gasteiger charge is 2.43. The van der Waals surface area contributed by atoms with Crippen LogP contribution in [0.2, 0.25) is 0 Å². The van der Waals surface area contributed by atoms with Crippen molar-refractivity contribution in [2.24, 2.45) is 0 Å². The third kappa shape index (κ3) is 14.4. The number of rotatable bonds is 20. The van der Waals surface area contributed by atoms with Gasteiger partial charge in [-0.2, -0.15) is 22.0 Å². The minimum atomic E-state index is -5.82. The summed E-state index contributed by atoms with van der Waals surface area (Å²) in [4.78, 5) is 82.5. The van der Waals surface area contributed by atoms with Gasteiger partial charge in [0.25, 0.3) is 5.91 Å². The average molecular weight is 1150 g/mol. The number of nitrogens with zero attached hydrogens (tertiary/aromatic N) is 3. The van der Waals surface area contributed by atoms with Crippen LogP contribution in [-0.4, -0.2) is 129 Å². The molecule has 0 radical (unpaired) electrons. The number of aromatic nitrogens is 2. The van der Waals surface area contributed by atoms with E-state index < -0.39 is 107 Å². The number of nitrogens with two attached hydrogens (primary N) is 1. The number of anilines is 2. The highest BCUT2D eigenvalue weighted by molar-refractivity contribution is 7.86. The Bertz CT molecular complexity index is 3600. The molecular formula is C41H48N7O22P3S2. The summed E-state index contributed by atoms with van der Waals surface area (Å²) >= 11 is 0. The van der Waals surface area contributed by atoms with E-state index in [9.17, 15) is 68.9 Å². The number of aliphatic hydroxyl groups is 1. The summed E-state index contributed by atoms with van der Waals surface area (Å²) in [6.07, 6.45) is -3.45. The van der Waals surface area contributed by atoms with Crippen LogP contribution >= 0.6 is 23.5 Å². The number of aliphatic hydroxyl groups excluding tert-OH is 1. The number of phosphoric ester groups is 1. The van der Waals surface area contributed by atoms with E-state index in [1.165, 1.54) is 48.3 Å². The second-order valence-corrected chi connectivity index (χ2v) is 23.2. The van der Waals surface area contributed by atoms with E-state index in [0.29, 0.717) is 0 Å². The van der Waals surface area contributed by atoms with Gasteiger partial charge in [0.15, 0.2) is 11.3 Å². The number of nitrogen functional groups attached to an aromatic ring is 1. The van der Waals surface area contributed by atoms with Crippen LogP contribution < -0.4 is 32.4 Å². The fourth-order valence-electron chi connectivity index (χ4n) is 7.76. The molecule has 0 saturated carbocycles. The third-order valence-electron chi connectivity index (χ3n) is 10.8. The first-order valence-corrected chi connectivity index (χ1v) is 29.2. The molecule has 1 aromatic heterocycles. The summed E-state index contributed by atoms with van der Waals surface area (Å²) in [7, 11) is -26.0. The maximum Gasteiger partial charge on any atom is 0.490 e. The molecule has 3 aromatic rings. The number of benzene rings is 3. The van der Waals surface area contributed by atoms with Crippen molar-refractivity contribution in [1.29, 1.82) is 0 Å². The molecule has 34 heteroatoms. The van der Waals surface area contributed by atoms with Gasteiger partial charge < -0.3 is 59.7 Å². The first-order chi connectivity index (χ1) is 34.9. The lowest BCUT2D eigenvalue weighted by atomic mass is 9.90. The van der Waals surface area contributed by atoms with Crippen LogP contribution in [0, 0.1) is 11.8 Å². The predicted molar refractivity (Wildman–Crippen MR) is 258 cm³/mol.